The number of imide groups is 1. The van der Waals surface area contributed by atoms with Crippen molar-refractivity contribution in [2.24, 2.45) is 29.6 Å². The van der Waals surface area contributed by atoms with E-state index >= 15 is 0 Å². The molecule has 7 atom stereocenters. The number of anilines is 2. The first-order valence-corrected chi connectivity index (χ1v) is 17.8. The van der Waals surface area contributed by atoms with Gasteiger partial charge in [0.05, 0.1) is 34.7 Å². The average Bonchev–Trinajstić information content (AvgIpc) is 3.84. The zero-order valence-corrected chi connectivity index (χ0v) is 27.8. The van der Waals surface area contributed by atoms with Crippen LogP contribution in [0.15, 0.2) is 82.6 Å². The number of H-pyrrole nitrogens is 1. The molecule has 8 rings (SSSR count). The third-order valence-corrected chi connectivity index (χ3v) is 12.7. The summed E-state index contributed by atoms with van der Waals surface area (Å²) < 4.78 is 11.2. The Bertz CT molecular complexity index is 2040. The molecular formula is C36H31N3O8S2. The number of amides is 3. The van der Waals surface area contributed by atoms with Gasteiger partial charge >= 0.3 is 10.8 Å². The second-order valence-electron chi connectivity index (χ2n) is 12.7. The number of esters is 1. The fraction of sp³-hybridized carbons (Fsp3) is 0.306. The van der Waals surface area contributed by atoms with E-state index in [9.17, 15) is 29.1 Å². The first-order valence-electron chi connectivity index (χ1n) is 16.1. The fourth-order valence-corrected chi connectivity index (χ4v) is 11.2. The maximum absolute atomic E-state index is 14.2. The van der Waals surface area contributed by atoms with Crippen LogP contribution in [0.3, 0.4) is 0 Å². The average molecular weight is 698 g/mol. The number of ether oxygens (including phenoxy) is 2. The molecule has 3 heterocycles. The molecule has 250 valence electrons. The number of rotatable bonds is 8. The van der Waals surface area contributed by atoms with Gasteiger partial charge in [-0.2, -0.15) is 0 Å². The molecule has 2 bridgehead atoms. The molecule has 2 aliphatic heterocycles. The maximum Gasteiger partial charge on any atom is 0.338 e. The van der Waals surface area contributed by atoms with Crippen molar-refractivity contribution in [1.29, 1.82) is 0 Å². The lowest BCUT2D eigenvalue weighted by molar-refractivity contribution is -0.123. The summed E-state index contributed by atoms with van der Waals surface area (Å²) in [6.07, 6.45) is 0.721. The van der Waals surface area contributed by atoms with Gasteiger partial charge in [0.15, 0.2) is 6.61 Å². The number of para-hydroxylation sites is 1. The third-order valence-electron chi connectivity index (χ3n) is 10.1. The van der Waals surface area contributed by atoms with E-state index in [1.807, 2.05) is 18.2 Å². The van der Waals surface area contributed by atoms with Crippen molar-refractivity contribution in [3.63, 3.8) is 0 Å². The molecule has 11 nitrogen and oxygen atoms in total. The summed E-state index contributed by atoms with van der Waals surface area (Å²) >= 11 is 2.74. The van der Waals surface area contributed by atoms with Crippen LogP contribution in [0.2, 0.25) is 0 Å². The molecule has 2 saturated carbocycles. The Kier molecular flexibility index (Phi) is 7.83. The van der Waals surface area contributed by atoms with Crippen LogP contribution in [0.4, 0.5) is 11.4 Å². The Balaban J connectivity index is 1.09. The number of aromatic hydroxyl groups is 1. The highest BCUT2D eigenvalue weighted by molar-refractivity contribution is 8.00. The predicted octanol–water partition coefficient (Wildman–Crippen LogP) is 5.01. The van der Waals surface area contributed by atoms with E-state index in [-0.39, 0.29) is 70.5 Å². The number of thioether (sulfide) groups is 1. The van der Waals surface area contributed by atoms with Gasteiger partial charge in [-0.25, -0.2) is 4.79 Å². The number of nitrogens with zero attached hydrogens (tertiary/aromatic N) is 1. The van der Waals surface area contributed by atoms with Gasteiger partial charge in [0.25, 0.3) is 5.91 Å². The van der Waals surface area contributed by atoms with Gasteiger partial charge in [0.1, 0.15) is 11.5 Å². The van der Waals surface area contributed by atoms with E-state index in [1.54, 1.807) is 61.2 Å². The maximum atomic E-state index is 14.2. The first kappa shape index (κ1) is 31.4. The molecule has 1 saturated heterocycles. The monoisotopic (exact) mass is 697 g/mol. The van der Waals surface area contributed by atoms with Crippen LogP contribution in [0.25, 0.3) is 0 Å². The molecule has 13 heteroatoms. The molecular weight excluding hydrogens is 667 g/mol. The van der Waals surface area contributed by atoms with E-state index in [0.29, 0.717) is 22.7 Å². The molecule has 4 aromatic rings. The molecule has 49 heavy (non-hydrogen) atoms. The Labute approximate surface area is 288 Å². The Morgan fingerprint density at radius 2 is 1.67 bits per heavy atom. The molecule has 3 fully saturated rings. The minimum absolute atomic E-state index is 0.0252. The highest BCUT2D eigenvalue weighted by atomic mass is 32.2. The lowest BCUT2D eigenvalue weighted by atomic mass is 9.68. The number of carbonyl (C=O) groups excluding carboxylic acids is 4. The number of aromatic nitrogens is 1. The summed E-state index contributed by atoms with van der Waals surface area (Å²) in [5, 5.41) is 13.1. The van der Waals surface area contributed by atoms with Crippen LogP contribution in [0, 0.1) is 29.6 Å². The minimum atomic E-state index is -0.507. The van der Waals surface area contributed by atoms with E-state index < -0.39 is 17.8 Å². The van der Waals surface area contributed by atoms with E-state index in [4.69, 9.17) is 9.47 Å². The van der Waals surface area contributed by atoms with Gasteiger partial charge in [-0.1, -0.05) is 29.5 Å². The van der Waals surface area contributed by atoms with Crippen LogP contribution in [-0.2, 0) is 19.1 Å². The lowest BCUT2D eigenvalue weighted by Crippen LogP contribution is -2.42. The SMILES string of the molecule is CCOC(=O)c1ccc(N2C(=O)C3C4CC(C3C2=O)C2C4Sc3[nH]c(=O)sc3[C@@H]2c2ccccc2OCC(=O)Nc2ccc(O)cc2)cc1. The van der Waals surface area contributed by atoms with Crippen molar-refractivity contribution in [2.75, 3.05) is 23.4 Å². The number of fused-ring (bicyclic) bond motifs is 9. The summed E-state index contributed by atoms with van der Waals surface area (Å²) in [6.45, 7) is 1.70. The van der Waals surface area contributed by atoms with Gasteiger partial charge in [-0.05, 0) is 85.7 Å². The van der Waals surface area contributed by atoms with Crippen LogP contribution in [-0.4, -0.2) is 52.2 Å². The van der Waals surface area contributed by atoms with Crippen molar-refractivity contribution in [3.05, 3.63) is 98.5 Å². The molecule has 3 amide bonds. The summed E-state index contributed by atoms with van der Waals surface area (Å²) in [6, 6.07) is 20.0. The molecule has 3 aromatic carbocycles. The van der Waals surface area contributed by atoms with Crippen molar-refractivity contribution < 1.29 is 33.8 Å². The molecule has 6 unspecified atom stereocenters. The number of hydrogen-bond donors (Lipinski definition) is 3. The van der Waals surface area contributed by atoms with Crippen molar-refractivity contribution in [1.82, 2.24) is 4.98 Å². The van der Waals surface area contributed by atoms with Gasteiger partial charge in [-0.3, -0.25) is 24.1 Å². The quantitative estimate of drug-likeness (QED) is 0.131. The van der Waals surface area contributed by atoms with Crippen LogP contribution < -0.4 is 19.8 Å². The number of carbonyl (C=O) groups is 4. The molecule has 0 radical (unpaired) electrons. The summed E-state index contributed by atoms with van der Waals surface area (Å²) in [4.78, 5) is 70.9. The topological polar surface area (TPSA) is 155 Å². The summed E-state index contributed by atoms with van der Waals surface area (Å²) in [5.74, 6) is -2.25. The Morgan fingerprint density at radius 3 is 2.41 bits per heavy atom. The van der Waals surface area contributed by atoms with E-state index in [1.165, 1.54) is 17.0 Å². The highest BCUT2D eigenvalue weighted by Gasteiger charge is 2.69. The summed E-state index contributed by atoms with van der Waals surface area (Å²) in [7, 11) is 0. The third kappa shape index (κ3) is 5.23. The Morgan fingerprint density at radius 1 is 0.959 bits per heavy atom. The normalized spacial score (nSPS) is 26.2. The van der Waals surface area contributed by atoms with Crippen LogP contribution >= 0.6 is 23.1 Å². The second kappa shape index (κ2) is 12.2. The van der Waals surface area contributed by atoms with Crippen LogP contribution in [0.5, 0.6) is 11.5 Å². The molecule has 1 aromatic heterocycles. The predicted molar refractivity (Wildman–Crippen MR) is 182 cm³/mol. The van der Waals surface area contributed by atoms with Crippen molar-refractivity contribution in [2.45, 2.75) is 29.5 Å². The number of hydrogen-bond acceptors (Lipinski definition) is 10. The van der Waals surface area contributed by atoms with E-state index in [2.05, 4.69) is 10.3 Å². The lowest BCUT2D eigenvalue weighted by Gasteiger charge is -2.43. The summed E-state index contributed by atoms with van der Waals surface area (Å²) in [5.41, 5.74) is 2.11. The van der Waals surface area contributed by atoms with Crippen molar-refractivity contribution >= 4 is 58.2 Å². The molecule has 3 N–H and O–H groups in total. The number of phenols is 1. The Hall–Kier alpha value is -4.88. The highest BCUT2D eigenvalue weighted by Crippen LogP contribution is 2.69. The first-order chi connectivity index (χ1) is 23.7. The second-order valence-corrected chi connectivity index (χ2v) is 14.9. The van der Waals surface area contributed by atoms with Gasteiger partial charge in [-0.15, -0.1) is 11.8 Å². The molecule has 4 aliphatic rings. The molecule has 2 aliphatic carbocycles. The number of benzene rings is 3. The number of aromatic amines is 1. The zero-order valence-electron chi connectivity index (χ0n) is 26.2. The minimum Gasteiger partial charge on any atom is -0.508 e. The number of nitrogens with one attached hydrogen (secondary N) is 2. The number of phenolic OH excluding ortho intramolecular Hbond substituents is 1. The standard InChI is InChI=1S/C36H31N3O8S2/c1-2-46-35(44)17-7-11-19(12-8-17)39-33(42)28-22-15-23(29(28)34(39)43)30-27(22)26(31-32(48-30)38-36(45)49-31)21-5-3-4-6-24(21)47-16-25(41)37-18-9-13-20(40)14-10-18/h3-14,22-23,26-30,40H,2,15-16H2,1H3,(H,37,41)(H,38,45)/t22?,23?,26-,27?,28?,29?,30?/m1/s1. The number of thiazole rings is 1. The zero-order chi connectivity index (χ0) is 34.0. The van der Waals surface area contributed by atoms with Crippen molar-refractivity contribution in [3.8, 4) is 11.5 Å². The molecule has 0 spiro atoms. The smallest absolute Gasteiger partial charge is 0.338 e. The van der Waals surface area contributed by atoms with E-state index in [0.717, 1.165) is 33.2 Å². The largest absolute Gasteiger partial charge is 0.508 e. The van der Waals surface area contributed by atoms with Gasteiger partial charge in [0, 0.05) is 27.3 Å². The van der Waals surface area contributed by atoms with Crippen LogP contribution in [0.1, 0.15) is 40.1 Å². The fourth-order valence-electron chi connectivity index (χ4n) is 8.33. The van der Waals surface area contributed by atoms with Gasteiger partial charge < -0.3 is 24.9 Å². The van der Waals surface area contributed by atoms with Gasteiger partial charge in [0.2, 0.25) is 11.8 Å².